The highest BCUT2D eigenvalue weighted by molar-refractivity contribution is 7.89. The molecule has 0 spiro atoms. The molecule has 0 radical (unpaired) electrons. The number of halogens is 3. The van der Waals surface area contributed by atoms with Crippen LogP contribution >= 0.6 is 0 Å². The van der Waals surface area contributed by atoms with E-state index in [9.17, 15) is 31.5 Å². The van der Waals surface area contributed by atoms with E-state index in [1.807, 2.05) is 4.90 Å². The molecule has 0 amide bonds. The summed E-state index contributed by atoms with van der Waals surface area (Å²) in [5, 5.41) is 9.31. The van der Waals surface area contributed by atoms with Crippen LogP contribution in [0.3, 0.4) is 0 Å². The molecule has 1 aliphatic heterocycles. The second kappa shape index (κ2) is 8.49. The largest absolute Gasteiger partial charge is 0.481 e. The number of piperazine rings is 1. The van der Waals surface area contributed by atoms with E-state index >= 15 is 0 Å². The number of hydrogen-bond donors (Lipinski definition) is 1. The van der Waals surface area contributed by atoms with E-state index in [1.165, 1.54) is 22.5 Å². The first-order valence-corrected chi connectivity index (χ1v) is 11.7. The van der Waals surface area contributed by atoms with Gasteiger partial charge in [0.25, 0.3) is 0 Å². The molecule has 32 heavy (non-hydrogen) atoms. The van der Waals surface area contributed by atoms with Crippen molar-refractivity contribution in [3.63, 3.8) is 0 Å². The van der Waals surface area contributed by atoms with Gasteiger partial charge in [0.2, 0.25) is 10.0 Å². The molecule has 1 atom stereocenters. The third kappa shape index (κ3) is 4.53. The van der Waals surface area contributed by atoms with Gasteiger partial charge in [0, 0.05) is 32.7 Å². The summed E-state index contributed by atoms with van der Waals surface area (Å²) in [6, 6.07) is 9.95. The second-order valence-electron chi connectivity index (χ2n) is 8.21. The smallest absolute Gasteiger partial charge is 0.416 e. The van der Waals surface area contributed by atoms with Crippen molar-refractivity contribution in [1.29, 1.82) is 0 Å². The van der Waals surface area contributed by atoms with Crippen LogP contribution in [0.5, 0.6) is 0 Å². The number of fused-ring (bicyclic) bond motifs is 1. The third-order valence-corrected chi connectivity index (χ3v) is 8.12. The van der Waals surface area contributed by atoms with Crippen LogP contribution in [0.1, 0.15) is 22.3 Å². The van der Waals surface area contributed by atoms with E-state index in [2.05, 4.69) is 0 Å². The molecule has 1 aliphatic carbocycles. The number of sulfonamides is 1. The minimum absolute atomic E-state index is 0.176. The molecule has 2 aromatic carbocycles. The highest BCUT2D eigenvalue weighted by Crippen LogP contribution is 2.34. The number of hydrogen-bond acceptors (Lipinski definition) is 4. The molecular formula is C22H23F3N2O4S. The fourth-order valence-corrected chi connectivity index (χ4v) is 6.06. The van der Waals surface area contributed by atoms with Gasteiger partial charge in [-0.05, 0) is 47.7 Å². The van der Waals surface area contributed by atoms with Crippen molar-refractivity contribution in [2.75, 3.05) is 26.2 Å². The number of alkyl halides is 3. The highest BCUT2D eigenvalue weighted by atomic mass is 32.2. The van der Waals surface area contributed by atoms with Crippen LogP contribution in [0.4, 0.5) is 13.2 Å². The standard InChI is InChI=1S/C22H23F3N2O4S/c23-22(24,25)18-6-4-15(5-7-18)14-26-8-10-27(11-9-26)32(30,31)20-3-1-2-16-12-17(21(28)29)13-19(16)20/h1-7,17H,8-14H2,(H,28,29). The summed E-state index contributed by atoms with van der Waals surface area (Å²) < 4.78 is 66.1. The van der Waals surface area contributed by atoms with E-state index in [-0.39, 0.29) is 24.4 Å². The summed E-state index contributed by atoms with van der Waals surface area (Å²) in [5.41, 5.74) is 1.39. The lowest BCUT2D eigenvalue weighted by molar-refractivity contribution is -0.141. The van der Waals surface area contributed by atoms with E-state index < -0.39 is 33.7 Å². The Balaban J connectivity index is 1.42. The van der Waals surface area contributed by atoms with Crippen LogP contribution < -0.4 is 0 Å². The van der Waals surface area contributed by atoms with E-state index in [0.29, 0.717) is 31.6 Å². The molecule has 1 heterocycles. The Labute approximate surface area is 184 Å². The molecule has 1 saturated heterocycles. The van der Waals surface area contributed by atoms with Gasteiger partial charge in [0.05, 0.1) is 16.4 Å². The van der Waals surface area contributed by atoms with Crippen LogP contribution in [-0.4, -0.2) is 54.9 Å². The summed E-state index contributed by atoms with van der Waals surface area (Å²) in [6.45, 7) is 1.86. The van der Waals surface area contributed by atoms with Crippen LogP contribution in [-0.2, 0) is 40.4 Å². The average Bonchev–Trinajstić information content (AvgIpc) is 3.18. The average molecular weight is 468 g/mol. The Hall–Kier alpha value is -2.43. The first-order chi connectivity index (χ1) is 15.1. The Morgan fingerprint density at radius 1 is 1.00 bits per heavy atom. The quantitative estimate of drug-likeness (QED) is 0.730. The normalized spacial score (nSPS) is 20.3. The number of carboxylic acids is 1. The summed E-state index contributed by atoms with van der Waals surface area (Å²) in [5.74, 6) is -1.54. The Bertz CT molecular complexity index is 1110. The molecule has 0 bridgehead atoms. The number of rotatable bonds is 5. The van der Waals surface area contributed by atoms with Crippen molar-refractivity contribution in [2.24, 2.45) is 5.92 Å². The molecule has 10 heteroatoms. The van der Waals surface area contributed by atoms with Gasteiger partial charge in [0.15, 0.2) is 0 Å². The number of carbonyl (C=O) groups is 1. The molecule has 2 aliphatic rings. The second-order valence-corrected chi connectivity index (χ2v) is 10.1. The predicted molar refractivity (Wildman–Crippen MR) is 110 cm³/mol. The van der Waals surface area contributed by atoms with Gasteiger partial charge in [-0.25, -0.2) is 8.42 Å². The Morgan fingerprint density at radius 2 is 1.66 bits per heavy atom. The Morgan fingerprint density at radius 3 is 2.25 bits per heavy atom. The lowest BCUT2D eigenvalue weighted by Gasteiger charge is -2.34. The third-order valence-electron chi connectivity index (χ3n) is 6.13. The fraction of sp³-hybridized carbons (Fsp3) is 0.409. The predicted octanol–water partition coefficient (Wildman–Crippen LogP) is 3.01. The van der Waals surface area contributed by atoms with Crippen LogP contribution in [0.15, 0.2) is 47.4 Å². The van der Waals surface area contributed by atoms with Gasteiger partial charge >= 0.3 is 12.1 Å². The molecular weight excluding hydrogens is 445 g/mol. The van der Waals surface area contributed by atoms with Crippen molar-refractivity contribution in [3.8, 4) is 0 Å². The van der Waals surface area contributed by atoms with Gasteiger partial charge in [-0.2, -0.15) is 17.5 Å². The van der Waals surface area contributed by atoms with Gasteiger partial charge in [0.1, 0.15) is 0 Å². The molecule has 1 unspecified atom stereocenters. The molecule has 6 nitrogen and oxygen atoms in total. The molecule has 0 saturated carbocycles. The molecule has 0 aromatic heterocycles. The van der Waals surface area contributed by atoms with Crippen LogP contribution in [0.2, 0.25) is 0 Å². The van der Waals surface area contributed by atoms with Crippen LogP contribution in [0, 0.1) is 5.92 Å². The van der Waals surface area contributed by atoms with Gasteiger partial charge < -0.3 is 5.11 Å². The number of nitrogens with zero attached hydrogens (tertiary/aromatic N) is 2. The summed E-state index contributed by atoms with van der Waals surface area (Å²) in [6.07, 6.45) is -3.84. The van der Waals surface area contributed by atoms with Crippen molar-refractivity contribution in [3.05, 3.63) is 64.7 Å². The Kier molecular flexibility index (Phi) is 6.04. The maximum absolute atomic E-state index is 13.3. The number of benzene rings is 2. The summed E-state index contributed by atoms with van der Waals surface area (Å²) >= 11 is 0. The molecule has 172 valence electrons. The van der Waals surface area contributed by atoms with Gasteiger partial charge in [-0.1, -0.05) is 24.3 Å². The SMILES string of the molecule is O=C(O)C1Cc2cccc(S(=O)(=O)N3CCN(Cc4ccc(C(F)(F)F)cc4)CC3)c2C1. The maximum Gasteiger partial charge on any atom is 0.416 e. The van der Waals surface area contributed by atoms with Gasteiger partial charge in [-0.3, -0.25) is 9.69 Å². The zero-order chi connectivity index (χ0) is 23.1. The van der Waals surface area contributed by atoms with E-state index in [1.54, 1.807) is 12.1 Å². The van der Waals surface area contributed by atoms with Crippen molar-refractivity contribution < 1.29 is 31.5 Å². The topological polar surface area (TPSA) is 77.9 Å². The molecule has 4 rings (SSSR count). The monoisotopic (exact) mass is 468 g/mol. The van der Waals surface area contributed by atoms with Crippen molar-refractivity contribution >= 4 is 16.0 Å². The van der Waals surface area contributed by atoms with E-state index in [4.69, 9.17) is 0 Å². The molecule has 2 aromatic rings. The van der Waals surface area contributed by atoms with Crippen molar-refractivity contribution in [2.45, 2.75) is 30.5 Å². The highest BCUT2D eigenvalue weighted by Gasteiger charge is 2.35. The first kappa shape index (κ1) is 22.8. The van der Waals surface area contributed by atoms with Gasteiger partial charge in [-0.15, -0.1) is 0 Å². The van der Waals surface area contributed by atoms with Crippen LogP contribution in [0.25, 0.3) is 0 Å². The minimum atomic E-state index is -4.37. The number of carboxylic acid groups (broad SMARTS) is 1. The lowest BCUT2D eigenvalue weighted by atomic mass is 10.1. The minimum Gasteiger partial charge on any atom is -0.481 e. The molecule has 1 N–H and O–H groups in total. The first-order valence-electron chi connectivity index (χ1n) is 10.3. The zero-order valence-electron chi connectivity index (χ0n) is 17.2. The summed E-state index contributed by atoms with van der Waals surface area (Å²) in [4.78, 5) is 13.5. The number of aliphatic carboxylic acids is 1. The maximum atomic E-state index is 13.3. The van der Waals surface area contributed by atoms with Crippen molar-refractivity contribution in [1.82, 2.24) is 9.21 Å². The van der Waals surface area contributed by atoms with E-state index in [0.717, 1.165) is 23.3 Å². The zero-order valence-corrected chi connectivity index (χ0v) is 18.0. The fourth-order valence-electron chi connectivity index (χ4n) is 4.36. The summed E-state index contributed by atoms with van der Waals surface area (Å²) in [7, 11) is -3.77. The lowest BCUT2D eigenvalue weighted by Crippen LogP contribution is -2.48. The molecule has 1 fully saturated rings.